The van der Waals surface area contributed by atoms with E-state index in [9.17, 15) is 19.2 Å². The molecule has 4 aliphatic rings. The molecule has 6 nitrogen and oxygen atoms in total. The first-order chi connectivity index (χ1) is 12.5. The molecular weight excluding hydrogens is 334 g/mol. The summed E-state index contributed by atoms with van der Waals surface area (Å²) in [5.74, 6) is -1.67. The van der Waals surface area contributed by atoms with E-state index in [4.69, 9.17) is 4.42 Å². The van der Waals surface area contributed by atoms with Crippen LogP contribution in [0.3, 0.4) is 0 Å². The second kappa shape index (κ2) is 5.13. The Bertz CT molecular complexity index is 1050. The molecule has 3 aliphatic carbocycles. The molecule has 1 aliphatic heterocycles. The number of fused-ring (bicyclic) bond motifs is 3. The Morgan fingerprint density at radius 1 is 1.00 bits per heavy atom. The number of amides is 2. The molecule has 2 bridgehead atoms. The lowest BCUT2D eigenvalue weighted by atomic mass is 9.59. The van der Waals surface area contributed by atoms with Crippen molar-refractivity contribution in [2.45, 2.75) is 26.2 Å². The summed E-state index contributed by atoms with van der Waals surface area (Å²) in [4.78, 5) is 51.1. The number of imide groups is 1. The molecule has 6 heteroatoms. The highest BCUT2D eigenvalue weighted by molar-refractivity contribution is 6.24. The molecule has 26 heavy (non-hydrogen) atoms. The molecule has 1 saturated heterocycles. The average Bonchev–Trinajstić information content (AvgIpc) is 2.87. The average molecular weight is 351 g/mol. The van der Waals surface area contributed by atoms with E-state index in [1.807, 2.05) is 6.92 Å². The molecule has 2 aromatic rings. The van der Waals surface area contributed by atoms with Crippen molar-refractivity contribution >= 4 is 34.3 Å². The monoisotopic (exact) mass is 351 g/mol. The largest absolute Gasteiger partial charge is 0.423 e. The Labute approximate surface area is 148 Å². The quantitative estimate of drug-likeness (QED) is 0.581. The topological polar surface area (TPSA) is 84.7 Å². The van der Waals surface area contributed by atoms with Crippen molar-refractivity contribution in [1.29, 1.82) is 0 Å². The first-order valence-corrected chi connectivity index (χ1v) is 8.91. The van der Waals surface area contributed by atoms with E-state index in [1.54, 1.807) is 18.2 Å². The fraction of sp³-hybridized carbons (Fsp3) is 0.400. The lowest BCUT2D eigenvalue weighted by Gasteiger charge is -2.41. The number of carbonyl (C=O) groups excluding carboxylic acids is 3. The van der Waals surface area contributed by atoms with Gasteiger partial charge in [-0.1, -0.05) is 0 Å². The van der Waals surface area contributed by atoms with Crippen molar-refractivity contribution in [1.82, 2.24) is 0 Å². The molecule has 0 N–H and O–H groups in total. The third kappa shape index (κ3) is 1.92. The lowest BCUT2D eigenvalue weighted by Crippen LogP contribution is -2.46. The van der Waals surface area contributed by atoms with Crippen molar-refractivity contribution in [3.8, 4) is 0 Å². The predicted octanol–water partition coefficient (Wildman–Crippen LogP) is 2.21. The van der Waals surface area contributed by atoms with Crippen molar-refractivity contribution in [2.24, 2.45) is 23.7 Å². The van der Waals surface area contributed by atoms with Crippen LogP contribution in [0.2, 0.25) is 0 Å². The minimum Gasteiger partial charge on any atom is -0.423 e. The molecule has 0 spiro atoms. The summed E-state index contributed by atoms with van der Waals surface area (Å²) in [6, 6.07) is 6.43. The third-order valence-corrected chi connectivity index (χ3v) is 6.26. The highest BCUT2D eigenvalue weighted by Gasteiger charge is 2.60. The predicted molar refractivity (Wildman–Crippen MR) is 92.5 cm³/mol. The number of benzene rings is 1. The molecule has 4 fully saturated rings. The van der Waals surface area contributed by atoms with Crippen molar-refractivity contribution in [3.05, 3.63) is 40.2 Å². The molecule has 2 heterocycles. The van der Waals surface area contributed by atoms with Gasteiger partial charge in [-0.2, -0.15) is 0 Å². The zero-order chi connectivity index (χ0) is 18.2. The molecule has 2 amide bonds. The lowest BCUT2D eigenvalue weighted by molar-refractivity contribution is -0.143. The second-order valence-corrected chi connectivity index (χ2v) is 7.61. The smallest absolute Gasteiger partial charge is 0.336 e. The van der Waals surface area contributed by atoms with Gasteiger partial charge in [-0.05, 0) is 43.4 Å². The summed E-state index contributed by atoms with van der Waals surface area (Å²) >= 11 is 0. The zero-order valence-corrected chi connectivity index (χ0v) is 14.2. The molecule has 0 radical (unpaired) electrons. The molecule has 6 rings (SSSR count). The number of nitrogens with zero attached hydrogens (tertiary/aromatic N) is 1. The minimum atomic E-state index is -0.525. The summed E-state index contributed by atoms with van der Waals surface area (Å²) in [6.07, 6.45) is 1.93. The maximum Gasteiger partial charge on any atom is 0.336 e. The minimum absolute atomic E-state index is 0.0282. The number of anilines is 1. The summed E-state index contributed by atoms with van der Waals surface area (Å²) in [5.41, 5.74) is 1.06. The van der Waals surface area contributed by atoms with Gasteiger partial charge in [0.15, 0.2) is 0 Å². The first-order valence-electron chi connectivity index (χ1n) is 8.91. The number of Topliss-reactive ketones (excluding diaryl/α,β-unsaturated/α-hetero) is 1. The van der Waals surface area contributed by atoms with Crippen LogP contribution in [0, 0.1) is 30.6 Å². The Morgan fingerprint density at radius 3 is 2.54 bits per heavy atom. The van der Waals surface area contributed by atoms with E-state index in [0.717, 1.165) is 17.4 Å². The van der Waals surface area contributed by atoms with Gasteiger partial charge in [-0.15, -0.1) is 0 Å². The van der Waals surface area contributed by atoms with Crippen LogP contribution in [0.25, 0.3) is 11.0 Å². The number of rotatable bonds is 1. The summed E-state index contributed by atoms with van der Waals surface area (Å²) in [5, 5.41) is 0.764. The van der Waals surface area contributed by atoms with Gasteiger partial charge in [0.2, 0.25) is 11.8 Å². The molecule has 132 valence electrons. The fourth-order valence-corrected chi connectivity index (χ4v) is 5.09. The number of hydrogen-bond acceptors (Lipinski definition) is 5. The van der Waals surface area contributed by atoms with Gasteiger partial charge in [-0.25, -0.2) is 9.69 Å². The van der Waals surface area contributed by atoms with Gasteiger partial charge in [0.25, 0.3) is 0 Å². The van der Waals surface area contributed by atoms with Gasteiger partial charge in [0, 0.05) is 29.9 Å². The summed E-state index contributed by atoms with van der Waals surface area (Å²) in [7, 11) is 0. The maximum atomic E-state index is 13.0. The van der Waals surface area contributed by atoms with Crippen LogP contribution in [0.15, 0.2) is 33.5 Å². The van der Waals surface area contributed by atoms with E-state index in [-0.39, 0.29) is 35.4 Å². The second-order valence-electron chi connectivity index (χ2n) is 7.61. The van der Waals surface area contributed by atoms with Crippen LogP contribution in [-0.4, -0.2) is 17.6 Å². The Balaban J connectivity index is 1.62. The Hall–Kier alpha value is -2.76. The molecule has 0 unspecified atom stereocenters. The summed E-state index contributed by atoms with van der Waals surface area (Å²) in [6.45, 7) is 1.81. The normalized spacial score (nSPS) is 30.3. The number of ketones is 1. The van der Waals surface area contributed by atoms with Crippen molar-refractivity contribution < 1.29 is 18.8 Å². The van der Waals surface area contributed by atoms with Crippen LogP contribution < -0.4 is 10.5 Å². The molecule has 4 atom stereocenters. The van der Waals surface area contributed by atoms with Gasteiger partial charge >= 0.3 is 5.63 Å². The van der Waals surface area contributed by atoms with Crippen LogP contribution in [0.5, 0.6) is 0 Å². The van der Waals surface area contributed by atoms with Crippen LogP contribution in [0.1, 0.15) is 24.8 Å². The third-order valence-electron chi connectivity index (χ3n) is 6.26. The number of carbonyl (C=O) groups is 3. The Kier molecular flexibility index (Phi) is 3.05. The van der Waals surface area contributed by atoms with E-state index < -0.39 is 11.5 Å². The molecule has 1 aromatic carbocycles. The van der Waals surface area contributed by atoms with Crippen molar-refractivity contribution in [2.75, 3.05) is 4.90 Å². The molecule has 3 saturated carbocycles. The molecular formula is C20H17NO5. The van der Waals surface area contributed by atoms with E-state index in [2.05, 4.69) is 0 Å². The SMILES string of the molecule is Cc1cc(=O)oc2cc(N3C(=O)[C@@H]4[C@H]5CC[C@H](C(=O)C5)[C@@H]4C3=O)ccc12. The standard InChI is InChI=1S/C20H17NO5/c1-9-6-16(23)26-15-8-11(3-5-12(9)15)21-19(24)17-10-2-4-13(14(22)7-10)18(17)20(21)25/h3,5-6,8,10,13,17-18H,2,4,7H2,1H3/t10-,13+,17+,18-/m0/s1. The van der Waals surface area contributed by atoms with E-state index in [1.165, 1.54) is 11.0 Å². The van der Waals surface area contributed by atoms with Crippen LogP contribution >= 0.6 is 0 Å². The van der Waals surface area contributed by atoms with E-state index in [0.29, 0.717) is 24.1 Å². The van der Waals surface area contributed by atoms with Gasteiger partial charge in [0.05, 0.1) is 17.5 Å². The first kappa shape index (κ1) is 15.5. The van der Waals surface area contributed by atoms with Gasteiger partial charge < -0.3 is 4.42 Å². The van der Waals surface area contributed by atoms with Crippen LogP contribution in [0.4, 0.5) is 5.69 Å². The highest BCUT2D eigenvalue weighted by atomic mass is 16.4. The number of hydrogen-bond donors (Lipinski definition) is 0. The zero-order valence-electron chi connectivity index (χ0n) is 14.2. The summed E-state index contributed by atoms with van der Waals surface area (Å²) < 4.78 is 5.24. The molecule has 1 aromatic heterocycles. The van der Waals surface area contributed by atoms with Crippen LogP contribution in [-0.2, 0) is 14.4 Å². The fourth-order valence-electron chi connectivity index (χ4n) is 5.09. The van der Waals surface area contributed by atoms with Crippen molar-refractivity contribution in [3.63, 3.8) is 0 Å². The Morgan fingerprint density at radius 2 is 1.77 bits per heavy atom. The highest BCUT2D eigenvalue weighted by Crippen LogP contribution is 2.52. The number of aryl methyl sites for hydroxylation is 1. The van der Waals surface area contributed by atoms with Gasteiger partial charge in [0.1, 0.15) is 11.4 Å². The van der Waals surface area contributed by atoms with Gasteiger partial charge in [-0.3, -0.25) is 14.4 Å². The maximum absolute atomic E-state index is 13.0. The van der Waals surface area contributed by atoms with E-state index >= 15 is 0 Å².